The molecule has 0 spiro atoms. The van der Waals surface area contributed by atoms with Crippen LogP contribution in [0.4, 0.5) is 4.79 Å². The molecule has 3 saturated heterocycles. The molecule has 6 nitrogen and oxygen atoms in total. The van der Waals surface area contributed by atoms with Crippen LogP contribution in [0.3, 0.4) is 0 Å². The van der Waals surface area contributed by atoms with E-state index >= 15 is 0 Å². The molecule has 0 aromatic heterocycles. The fraction of sp³-hybridized carbons (Fsp3) is 0.933. The fourth-order valence-electron chi connectivity index (χ4n) is 4.09. The lowest BCUT2D eigenvalue weighted by molar-refractivity contribution is -0.0135. The van der Waals surface area contributed by atoms with E-state index < -0.39 is 9.84 Å². The minimum Gasteiger partial charge on any atom is -0.371 e. The third-order valence-electron chi connectivity index (χ3n) is 5.31. The zero-order valence-corrected chi connectivity index (χ0v) is 14.4. The van der Waals surface area contributed by atoms with Gasteiger partial charge in [0.2, 0.25) is 0 Å². The molecule has 3 rings (SSSR count). The third kappa shape index (κ3) is 3.11. The van der Waals surface area contributed by atoms with Gasteiger partial charge in [-0.15, -0.1) is 0 Å². The van der Waals surface area contributed by atoms with Crippen molar-refractivity contribution >= 4 is 15.9 Å². The number of amides is 2. The van der Waals surface area contributed by atoms with Gasteiger partial charge >= 0.3 is 6.03 Å². The first-order valence-corrected chi connectivity index (χ1v) is 9.82. The van der Waals surface area contributed by atoms with Crippen molar-refractivity contribution in [3.63, 3.8) is 0 Å². The Morgan fingerprint density at radius 1 is 1.36 bits per heavy atom. The lowest BCUT2D eigenvalue weighted by Crippen LogP contribution is -2.43. The van der Waals surface area contributed by atoms with E-state index in [4.69, 9.17) is 4.74 Å². The van der Waals surface area contributed by atoms with E-state index in [0.717, 1.165) is 12.8 Å². The van der Waals surface area contributed by atoms with E-state index in [2.05, 4.69) is 19.2 Å². The highest BCUT2D eigenvalue weighted by Crippen LogP contribution is 2.43. The topological polar surface area (TPSA) is 75.7 Å². The van der Waals surface area contributed by atoms with Gasteiger partial charge in [-0.05, 0) is 32.6 Å². The molecule has 1 unspecified atom stereocenters. The Bertz CT molecular complexity index is 574. The Morgan fingerprint density at radius 2 is 2.09 bits per heavy atom. The highest BCUT2D eigenvalue weighted by atomic mass is 32.2. The Hall–Kier alpha value is -0.820. The predicted molar refractivity (Wildman–Crippen MR) is 83.4 cm³/mol. The van der Waals surface area contributed by atoms with Crippen LogP contribution in [0.2, 0.25) is 0 Å². The molecule has 3 heterocycles. The maximum atomic E-state index is 12.3. The SMILES string of the molecule is CC1(C)CCC(CNC(=O)N2C[C@@H]3CS(=O)(=O)C[C@]3(C)C2)O1. The van der Waals surface area contributed by atoms with Crippen LogP contribution in [0, 0.1) is 11.3 Å². The van der Waals surface area contributed by atoms with Crippen molar-refractivity contribution in [3.8, 4) is 0 Å². The van der Waals surface area contributed by atoms with Gasteiger partial charge in [0.05, 0.1) is 23.2 Å². The van der Waals surface area contributed by atoms with E-state index in [1.807, 2.05) is 6.92 Å². The number of carbonyl (C=O) groups excluding carboxylic acids is 1. The molecular weight excluding hydrogens is 304 g/mol. The first-order valence-electron chi connectivity index (χ1n) is 8.00. The summed E-state index contributed by atoms with van der Waals surface area (Å²) in [6.45, 7) is 7.71. The van der Waals surface area contributed by atoms with Gasteiger partial charge in [-0.25, -0.2) is 13.2 Å². The molecule has 3 atom stereocenters. The minimum atomic E-state index is -2.93. The molecule has 3 aliphatic rings. The zero-order valence-electron chi connectivity index (χ0n) is 13.6. The number of nitrogens with one attached hydrogen (secondary N) is 1. The van der Waals surface area contributed by atoms with E-state index in [1.165, 1.54) is 0 Å². The highest BCUT2D eigenvalue weighted by molar-refractivity contribution is 7.91. The van der Waals surface area contributed by atoms with Crippen molar-refractivity contribution < 1.29 is 17.9 Å². The van der Waals surface area contributed by atoms with Crippen LogP contribution in [-0.4, -0.2) is 62.2 Å². The monoisotopic (exact) mass is 330 g/mol. The second kappa shape index (κ2) is 5.09. The van der Waals surface area contributed by atoms with Crippen LogP contribution >= 0.6 is 0 Å². The number of rotatable bonds is 2. The summed E-state index contributed by atoms with van der Waals surface area (Å²) in [6, 6.07) is -0.0960. The number of likely N-dealkylation sites (tertiary alicyclic amines) is 1. The first kappa shape index (κ1) is 16.1. The van der Waals surface area contributed by atoms with Crippen molar-refractivity contribution in [3.05, 3.63) is 0 Å². The summed E-state index contributed by atoms with van der Waals surface area (Å²) in [5, 5.41) is 2.94. The standard InChI is InChI=1S/C15H26N2O4S/c1-14(2)5-4-12(21-14)6-16-13(18)17-7-11-8-22(19,20)10-15(11,3)9-17/h11-12H,4-10H2,1-3H3,(H,16,18)/t11-,12?,15+/m1/s1. The molecule has 3 fully saturated rings. The fourth-order valence-corrected chi connectivity index (χ4v) is 6.66. The van der Waals surface area contributed by atoms with Gasteiger partial charge in [0, 0.05) is 25.0 Å². The van der Waals surface area contributed by atoms with E-state index in [0.29, 0.717) is 19.6 Å². The molecule has 0 bridgehead atoms. The molecule has 0 aromatic carbocycles. The Kier molecular flexibility index (Phi) is 3.72. The van der Waals surface area contributed by atoms with Crippen molar-refractivity contribution in [2.24, 2.45) is 11.3 Å². The van der Waals surface area contributed by atoms with Gasteiger partial charge in [-0.3, -0.25) is 0 Å². The molecule has 126 valence electrons. The summed E-state index contributed by atoms with van der Waals surface area (Å²) < 4.78 is 29.4. The van der Waals surface area contributed by atoms with Crippen LogP contribution < -0.4 is 5.32 Å². The number of hydrogen-bond donors (Lipinski definition) is 1. The van der Waals surface area contributed by atoms with Crippen LogP contribution in [0.5, 0.6) is 0 Å². The molecule has 1 N–H and O–H groups in total. The number of urea groups is 1. The lowest BCUT2D eigenvalue weighted by atomic mass is 9.84. The normalized spacial score (nSPS) is 39.0. The highest BCUT2D eigenvalue weighted by Gasteiger charge is 2.53. The van der Waals surface area contributed by atoms with Gasteiger partial charge < -0.3 is 15.0 Å². The zero-order chi connectivity index (χ0) is 16.2. The summed E-state index contributed by atoms with van der Waals surface area (Å²) in [5.41, 5.74) is -0.371. The summed E-state index contributed by atoms with van der Waals surface area (Å²) in [6.07, 6.45) is 2.05. The molecule has 2 amide bonds. The molecule has 0 radical (unpaired) electrons. The Morgan fingerprint density at radius 3 is 2.68 bits per heavy atom. The number of ether oxygens (including phenoxy) is 1. The average molecular weight is 330 g/mol. The molecule has 0 saturated carbocycles. The largest absolute Gasteiger partial charge is 0.371 e. The molecular formula is C15H26N2O4S. The molecule has 7 heteroatoms. The van der Waals surface area contributed by atoms with Crippen LogP contribution in [-0.2, 0) is 14.6 Å². The van der Waals surface area contributed by atoms with Gasteiger partial charge in [0.1, 0.15) is 0 Å². The minimum absolute atomic E-state index is 0.0740. The van der Waals surface area contributed by atoms with Crippen LogP contribution in [0.15, 0.2) is 0 Å². The molecule has 0 aromatic rings. The number of carbonyl (C=O) groups is 1. The second-order valence-corrected chi connectivity index (χ2v) is 10.1. The summed E-state index contributed by atoms with van der Waals surface area (Å²) in [4.78, 5) is 14.1. The number of sulfone groups is 1. The lowest BCUT2D eigenvalue weighted by Gasteiger charge is -2.23. The van der Waals surface area contributed by atoms with Crippen molar-refractivity contribution in [2.75, 3.05) is 31.1 Å². The average Bonchev–Trinajstić information content (AvgIpc) is 2.92. The maximum Gasteiger partial charge on any atom is 0.317 e. The maximum absolute atomic E-state index is 12.3. The first-order chi connectivity index (χ1) is 10.1. The van der Waals surface area contributed by atoms with Gasteiger partial charge in [-0.1, -0.05) is 6.92 Å². The third-order valence-corrected chi connectivity index (χ3v) is 7.31. The molecule has 0 aliphatic carbocycles. The van der Waals surface area contributed by atoms with E-state index in [1.54, 1.807) is 4.90 Å². The van der Waals surface area contributed by atoms with E-state index in [9.17, 15) is 13.2 Å². The quantitative estimate of drug-likeness (QED) is 0.820. The number of nitrogens with zero attached hydrogens (tertiary/aromatic N) is 1. The van der Waals surface area contributed by atoms with E-state index in [-0.39, 0.29) is 40.6 Å². The summed E-state index contributed by atoms with van der Waals surface area (Å²) in [5.74, 6) is 0.492. The van der Waals surface area contributed by atoms with Crippen molar-refractivity contribution in [1.82, 2.24) is 10.2 Å². The van der Waals surface area contributed by atoms with Crippen LogP contribution in [0.1, 0.15) is 33.6 Å². The van der Waals surface area contributed by atoms with Crippen molar-refractivity contribution in [1.29, 1.82) is 0 Å². The Balaban J connectivity index is 1.51. The molecule has 3 aliphatic heterocycles. The van der Waals surface area contributed by atoms with Gasteiger partial charge in [-0.2, -0.15) is 0 Å². The van der Waals surface area contributed by atoms with Crippen LogP contribution in [0.25, 0.3) is 0 Å². The Labute approximate surface area is 132 Å². The number of fused-ring (bicyclic) bond motifs is 1. The second-order valence-electron chi connectivity index (χ2n) is 8.01. The predicted octanol–water partition coefficient (Wildman–Crippen LogP) is 1.02. The molecule has 22 heavy (non-hydrogen) atoms. The van der Waals surface area contributed by atoms with Gasteiger partial charge in [0.25, 0.3) is 0 Å². The summed E-state index contributed by atoms with van der Waals surface area (Å²) in [7, 11) is -2.93. The summed E-state index contributed by atoms with van der Waals surface area (Å²) >= 11 is 0. The number of hydrogen-bond acceptors (Lipinski definition) is 4. The smallest absolute Gasteiger partial charge is 0.317 e. The van der Waals surface area contributed by atoms with Crippen molar-refractivity contribution in [2.45, 2.75) is 45.3 Å². The van der Waals surface area contributed by atoms with Gasteiger partial charge in [0.15, 0.2) is 9.84 Å².